The van der Waals surface area contributed by atoms with Gasteiger partial charge in [-0.3, -0.25) is 14.4 Å². The number of fused-ring (bicyclic) bond motifs is 1. The fraction of sp³-hybridized carbons (Fsp3) is 0.261. The van der Waals surface area contributed by atoms with E-state index < -0.39 is 0 Å². The fourth-order valence-electron chi connectivity index (χ4n) is 3.40. The highest BCUT2D eigenvalue weighted by molar-refractivity contribution is 6.02. The first-order chi connectivity index (χ1) is 14.0. The molecule has 0 unspecified atom stereocenters. The SMILES string of the molecule is CC(=O)N1CCc2cc(NC(=O)/C=C/c3ccc(C(=O)NC4CC4)cc3)ccc21. The molecule has 0 radical (unpaired) electrons. The summed E-state index contributed by atoms with van der Waals surface area (Å²) in [5.41, 5.74) is 4.14. The molecule has 6 heteroatoms. The Morgan fingerprint density at radius 3 is 2.52 bits per heavy atom. The van der Waals surface area contributed by atoms with Gasteiger partial charge in [0.15, 0.2) is 0 Å². The molecule has 1 saturated carbocycles. The Kier molecular flexibility index (Phi) is 5.16. The van der Waals surface area contributed by atoms with Crippen molar-refractivity contribution in [2.24, 2.45) is 0 Å². The van der Waals surface area contributed by atoms with Crippen molar-refractivity contribution in [3.8, 4) is 0 Å². The van der Waals surface area contributed by atoms with Crippen LogP contribution in [0.1, 0.15) is 41.3 Å². The Balaban J connectivity index is 1.35. The summed E-state index contributed by atoms with van der Waals surface area (Å²) in [4.78, 5) is 37.6. The normalized spacial score (nSPS) is 15.3. The maximum absolute atomic E-state index is 12.2. The molecule has 6 nitrogen and oxygen atoms in total. The largest absolute Gasteiger partial charge is 0.349 e. The number of nitrogens with zero attached hydrogens (tertiary/aromatic N) is 1. The highest BCUT2D eigenvalue weighted by Gasteiger charge is 2.24. The van der Waals surface area contributed by atoms with Gasteiger partial charge in [-0.1, -0.05) is 12.1 Å². The Hall–Kier alpha value is -3.41. The molecule has 1 heterocycles. The standard InChI is InChI=1S/C23H23N3O3/c1-15(27)26-13-12-18-14-20(9-10-21(18)26)24-22(28)11-4-16-2-5-17(6-3-16)23(29)25-19-7-8-19/h2-6,9-11,14,19H,7-8,12-13H2,1H3,(H,24,28)(H,25,29)/b11-4+. The Labute approximate surface area is 169 Å². The molecule has 0 aromatic heterocycles. The molecule has 29 heavy (non-hydrogen) atoms. The van der Waals surface area contributed by atoms with Crippen LogP contribution in [-0.2, 0) is 16.0 Å². The van der Waals surface area contributed by atoms with Gasteiger partial charge in [-0.15, -0.1) is 0 Å². The van der Waals surface area contributed by atoms with Gasteiger partial charge in [0.2, 0.25) is 11.8 Å². The minimum Gasteiger partial charge on any atom is -0.349 e. The lowest BCUT2D eigenvalue weighted by atomic mass is 10.1. The van der Waals surface area contributed by atoms with Crippen LogP contribution in [-0.4, -0.2) is 30.3 Å². The van der Waals surface area contributed by atoms with E-state index in [1.165, 1.54) is 6.08 Å². The zero-order chi connectivity index (χ0) is 20.4. The van der Waals surface area contributed by atoms with Crippen LogP contribution in [0.25, 0.3) is 6.08 Å². The van der Waals surface area contributed by atoms with Crippen molar-refractivity contribution >= 4 is 35.2 Å². The van der Waals surface area contributed by atoms with Crippen molar-refractivity contribution in [1.29, 1.82) is 0 Å². The molecule has 0 saturated heterocycles. The van der Waals surface area contributed by atoms with Gasteiger partial charge in [-0.05, 0) is 66.8 Å². The van der Waals surface area contributed by atoms with Crippen LogP contribution in [0.15, 0.2) is 48.5 Å². The summed E-state index contributed by atoms with van der Waals surface area (Å²) in [6, 6.07) is 13.1. The molecule has 148 valence electrons. The monoisotopic (exact) mass is 389 g/mol. The van der Waals surface area contributed by atoms with Gasteiger partial charge in [0.1, 0.15) is 0 Å². The lowest BCUT2D eigenvalue weighted by Crippen LogP contribution is -2.25. The molecule has 2 aromatic carbocycles. The Morgan fingerprint density at radius 2 is 1.83 bits per heavy atom. The van der Waals surface area contributed by atoms with E-state index in [0.29, 0.717) is 23.8 Å². The number of hydrogen-bond donors (Lipinski definition) is 2. The van der Waals surface area contributed by atoms with Crippen LogP contribution in [0.5, 0.6) is 0 Å². The number of amides is 3. The van der Waals surface area contributed by atoms with Crippen LogP contribution in [0.4, 0.5) is 11.4 Å². The third-order valence-corrected chi connectivity index (χ3v) is 5.14. The van der Waals surface area contributed by atoms with E-state index in [1.807, 2.05) is 24.3 Å². The van der Waals surface area contributed by atoms with Gasteiger partial charge in [-0.25, -0.2) is 0 Å². The van der Waals surface area contributed by atoms with Crippen LogP contribution >= 0.6 is 0 Å². The van der Waals surface area contributed by atoms with E-state index >= 15 is 0 Å². The number of hydrogen-bond acceptors (Lipinski definition) is 3. The van der Waals surface area contributed by atoms with Crippen LogP contribution in [0.3, 0.4) is 0 Å². The fourth-order valence-corrected chi connectivity index (χ4v) is 3.40. The lowest BCUT2D eigenvalue weighted by Gasteiger charge is -2.14. The second kappa shape index (κ2) is 7.91. The number of nitrogens with one attached hydrogen (secondary N) is 2. The summed E-state index contributed by atoms with van der Waals surface area (Å²) in [7, 11) is 0. The van der Waals surface area contributed by atoms with Crippen LogP contribution < -0.4 is 15.5 Å². The maximum Gasteiger partial charge on any atom is 0.251 e. The smallest absolute Gasteiger partial charge is 0.251 e. The molecule has 0 bridgehead atoms. The van der Waals surface area contributed by atoms with Crippen LogP contribution in [0, 0.1) is 0 Å². The van der Waals surface area contributed by atoms with Crippen molar-refractivity contribution in [1.82, 2.24) is 5.32 Å². The first-order valence-electron chi connectivity index (χ1n) is 9.80. The third kappa shape index (κ3) is 4.54. The zero-order valence-electron chi connectivity index (χ0n) is 16.3. The molecule has 0 atom stereocenters. The molecule has 4 rings (SSSR count). The Bertz CT molecular complexity index is 991. The molecular weight excluding hydrogens is 366 g/mol. The van der Waals surface area contributed by atoms with Crippen molar-refractivity contribution < 1.29 is 14.4 Å². The highest BCUT2D eigenvalue weighted by Crippen LogP contribution is 2.30. The van der Waals surface area contributed by atoms with E-state index in [-0.39, 0.29) is 17.7 Å². The number of carbonyl (C=O) groups excluding carboxylic acids is 3. The summed E-state index contributed by atoms with van der Waals surface area (Å²) in [5, 5.41) is 5.80. The van der Waals surface area contributed by atoms with E-state index in [4.69, 9.17) is 0 Å². The molecule has 2 aliphatic rings. The van der Waals surface area contributed by atoms with Crippen molar-refractivity contribution in [2.45, 2.75) is 32.2 Å². The summed E-state index contributed by atoms with van der Waals surface area (Å²) in [6.45, 7) is 2.23. The minimum atomic E-state index is -0.234. The molecule has 3 amide bonds. The van der Waals surface area contributed by atoms with Crippen molar-refractivity contribution in [3.63, 3.8) is 0 Å². The zero-order valence-corrected chi connectivity index (χ0v) is 16.3. The maximum atomic E-state index is 12.2. The van der Waals surface area contributed by atoms with E-state index in [1.54, 1.807) is 36.1 Å². The van der Waals surface area contributed by atoms with Gasteiger partial charge in [0, 0.05) is 42.5 Å². The minimum absolute atomic E-state index is 0.0273. The van der Waals surface area contributed by atoms with E-state index in [9.17, 15) is 14.4 Å². The van der Waals surface area contributed by atoms with Crippen molar-refractivity contribution in [3.05, 3.63) is 65.2 Å². The molecule has 2 aromatic rings. The average Bonchev–Trinajstić information content (AvgIpc) is 3.42. The highest BCUT2D eigenvalue weighted by atomic mass is 16.2. The molecule has 0 spiro atoms. The molecule has 1 aliphatic heterocycles. The number of rotatable bonds is 5. The first kappa shape index (κ1) is 18.9. The number of anilines is 2. The molecule has 2 N–H and O–H groups in total. The molecular formula is C23H23N3O3. The first-order valence-corrected chi connectivity index (χ1v) is 9.80. The quantitative estimate of drug-likeness (QED) is 0.771. The van der Waals surface area contributed by atoms with Gasteiger partial charge in [0.25, 0.3) is 5.91 Å². The van der Waals surface area contributed by atoms with Gasteiger partial charge in [-0.2, -0.15) is 0 Å². The van der Waals surface area contributed by atoms with Gasteiger partial charge >= 0.3 is 0 Å². The molecule has 1 fully saturated rings. The third-order valence-electron chi connectivity index (χ3n) is 5.14. The topological polar surface area (TPSA) is 78.5 Å². The summed E-state index contributed by atoms with van der Waals surface area (Å²) in [5.74, 6) is -0.262. The average molecular weight is 389 g/mol. The summed E-state index contributed by atoms with van der Waals surface area (Å²) >= 11 is 0. The number of benzene rings is 2. The molecule has 1 aliphatic carbocycles. The second-order valence-electron chi connectivity index (χ2n) is 7.46. The van der Waals surface area contributed by atoms with Gasteiger partial charge in [0.05, 0.1) is 0 Å². The van der Waals surface area contributed by atoms with Crippen LogP contribution in [0.2, 0.25) is 0 Å². The lowest BCUT2D eigenvalue weighted by molar-refractivity contribution is -0.116. The van der Waals surface area contributed by atoms with E-state index in [2.05, 4.69) is 10.6 Å². The van der Waals surface area contributed by atoms with Crippen molar-refractivity contribution in [2.75, 3.05) is 16.8 Å². The second-order valence-corrected chi connectivity index (χ2v) is 7.46. The Morgan fingerprint density at radius 1 is 1.07 bits per heavy atom. The predicted molar refractivity (Wildman–Crippen MR) is 113 cm³/mol. The predicted octanol–water partition coefficient (Wildman–Crippen LogP) is 3.14. The summed E-state index contributed by atoms with van der Waals surface area (Å²) in [6.07, 6.45) is 6.08. The summed E-state index contributed by atoms with van der Waals surface area (Å²) < 4.78 is 0. The number of carbonyl (C=O) groups is 3. The van der Waals surface area contributed by atoms with E-state index in [0.717, 1.165) is 36.1 Å². The van der Waals surface area contributed by atoms with Gasteiger partial charge < -0.3 is 15.5 Å².